The Bertz CT molecular complexity index is 203. The molecule has 0 bridgehead atoms. The van der Waals surface area contributed by atoms with Crippen LogP contribution in [0.5, 0.6) is 0 Å². The first-order chi connectivity index (χ1) is 7.72. The van der Waals surface area contributed by atoms with Crippen LogP contribution in [0.4, 0.5) is 0 Å². The van der Waals surface area contributed by atoms with Crippen LogP contribution in [0, 0.1) is 0 Å². The molecule has 0 aliphatic heterocycles. The number of aliphatic hydroxyl groups excluding tert-OH is 1. The quantitative estimate of drug-likeness (QED) is 0.703. The van der Waals surface area contributed by atoms with Crippen LogP contribution in [0.2, 0.25) is 0 Å². The Kier molecular flexibility index (Phi) is 6.88. The summed E-state index contributed by atoms with van der Waals surface area (Å²) < 4.78 is 0. The normalized spacial score (nSPS) is 25.4. The number of rotatable bonds is 6. The van der Waals surface area contributed by atoms with Crippen molar-refractivity contribution in [2.24, 2.45) is 0 Å². The van der Waals surface area contributed by atoms with Gasteiger partial charge in [0.05, 0.1) is 11.9 Å². The lowest BCUT2D eigenvalue weighted by molar-refractivity contribution is -0.119. The molecule has 3 nitrogen and oxygen atoms in total. The van der Waals surface area contributed by atoms with Gasteiger partial charge in [0.2, 0.25) is 5.91 Å². The van der Waals surface area contributed by atoms with E-state index in [-0.39, 0.29) is 12.0 Å². The Balaban J connectivity index is 2.05. The van der Waals surface area contributed by atoms with Gasteiger partial charge in [0.15, 0.2) is 0 Å². The molecule has 0 unspecified atom stereocenters. The SMILES string of the molecule is CCCCSCC(=O)NC1CCC(O)CC1. The molecule has 1 fully saturated rings. The summed E-state index contributed by atoms with van der Waals surface area (Å²) in [6.45, 7) is 2.16. The van der Waals surface area contributed by atoms with E-state index in [0.29, 0.717) is 11.8 Å². The zero-order chi connectivity index (χ0) is 11.8. The smallest absolute Gasteiger partial charge is 0.230 e. The second-order valence-corrected chi connectivity index (χ2v) is 5.58. The minimum atomic E-state index is -0.146. The van der Waals surface area contributed by atoms with Crippen LogP contribution >= 0.6 is 11.8 Å². The summed E-state index contributed by atoms with van der Waals surface area (Å²) in [7, 11) is 0. The Hall–Kier alpha value is -0.220. The van der Waals surface area contributed by atoms with E-state index in [1.54, 1.807) is 11.8 Å². The van der Waals surface area contributed by atoms with Gasteiger partial charge in [-0.05, 0) is 37.9 Å². The number of thioether (sulfide) groups is 1. The Morgan fingerprint density at radius 3 is 2.69 bits per heavy atom. The van der Waals surface area contributed by atoms with Crippen molar-refractivity contribution in [2.45, 2.75) is 57.6 Å². The van der Waals surface area contributed by atoms with E-state index >= 15 is 0 Å². The van der Waals surface area contributed by atoms with E-state index in [0.717, 1.165) is 31.4 Å². The van der Waals surface area contributed by atoms with Crippen LogP contribution in [0.3, 0.4) is 0 Å². The van der Waals surface area contributed by atoms with E-state index in [1.165, 1.54) is 12.8 Å². The number of unbranched alkanes of at least 4 members (excludes halogenated alkanes) is 1. The van der Waals surface area contributed by atoms with Crippen molar-refractivity contribution >= 4 is 17.7 Å². The molecule has 1 aliphatic carbocycles. The molecular weight excluding hydrogens is 222 g/mol. The van der Waals surface area contributed by atoms with Crippen molar-refractivity contribution in [3.05, 3.63) is 0 Å². The standard InChI is InChI=1S/C12H23NO2S/c1-2-3-8-16-9-12(15)13-10-4-6-11(14)7-5-10/h10-11,14H,2-9H2,1H3,(H,13,15). The summed E-state index contributed by atoms with van der Waals surface area (Å²) in [6, 6.07) is 0.294. The molecule has 0 radical (unpaired) electrons. The maximum Gasteiger partial charge on any atom is 0.230 e. The first kappa shape index (κ1) is 13.8. The van der Waals surface area contributed by atoms with Gasteiger partial charge in [-0.15, -0.1) is 0 Å². The van der Waals surface area contributed by atoms with Crippen LogP contribution in [0.15, 0.2) is 0 Å². The first-order valence-electron chi connectivity index (χ1n) is 6.27. The minimum absolute atomic E-state index is 0.146. The fourth-order valence-corrected chi connectivity index (χ4v) is 2.81. The van der Waals surface area contributed by atoms with Gasteiger partial charge in [-0.3, -0.25) is 4.79 Å². The number of aliphatic hydroxyl groups is 1. The molecule has 4 heteroatoms. The fourth-order valence-electron chi connectivity index (χ4n) is 1.90. The van der Waals surface area contributed by atoms with E-state index < -0.39 is 0 Å². The molecule has 1 rings (SSSR count). The van der Waals surface area contributed by atoms with Gasteiger partial charge in [-0.1, -0.05) is 13.3 Å². The van der Waals surface area contributed by atoms with Crippen molar-refractivity contribution in [2.75, 3.05) is 11.5 Å². The van der Waals surface area contributed by atoms with Gasteiger partial charge in [0.1, 0.15) is 0 Å². The highest BCUT2D eigenvalue weighted by molar-refractivity contribution is 7.99. The topological polar surface area (TPSA) is 49.3 Å². The number of hydrogen-bond acceptors (Lipinski definition) is 3. The summed E-state index contributed by atoms with van der Waals surface area (Å²) in [5.74, 6) is 1.81. The van der Waals surface area contributed by atoms with Gasteiger partial charge in [-0.2, -0.15) is 11.8 Å². The van der Waals surface area contributed by atoms with E-state index in [4.69, 9.17) is 0 Å². The number of carbonyl (C=O) groups is 1. The third kappa shape index (κ3) is 5.75. The van der Waals surface area contributed by atoms with Crippen molar-refractivity contribution in [3.63, 3.8) is 0 Å². The molecule has 1 amide bonds. The van der Waals surface area contributed by atoms with Gasteiger partial charge in [0, 0.05) is 6.04 Å². The van der Waals surface area contributed by atoms with Crippen LogP contribution in [-0.2, 0) is 4.79 Å². The zero-order valence-corrected chi connectivity index (χ0v) is 10.9. The molecule has 0 aromatic rings. The maximum absolute atomic E-state index is 11.6. The largest absolute Gasteiger partial charge is 0.393 e. The van der Waals surface area contributed by atoms with E-state index in [2.05, 4.69) is 12.2 Å². The summed E-state index contributed by atoms with van der Waals surface area (Å²) in [5.41, 5.74) is 0. The third-order valence-electron chi connectivity index (χ3n) is 2.94. The lowest BCUT2D eigenvalue weighted by atomic mass is 9.93. The molecule has 0 spiro atoms. The van der Waals surface area contributed by atoms with Crippen LogP contribution in [-0.4, -0.2) is 34.7 Å². The highest BCUT2D eigenvalue weighted by Gasteiger charge is 2.20. The van der Waals surface area contributed by atoms with E-state index in [1.807, 2.05) is 0 Å². The Morgan fingerprint density at radius 2 is 2.06 bits per heavy atom. The van der Waals surface area contributed by atoms with Crippen LogP contribution in [0.1, 0.15) is 45.4 Å². The molecule has 0 heterocycles. The zero-order valence-electron chi connectivity index (χ0n) is 10.1. The van der Waals surface area contributed by atoms with Crippen LogP contribution in [0.25, 0.3) is 0 Å². The summed E-state index contributed by atoms with van der Waals surface area (Å²) in [4.78, 5) is 11.6. The Morgan fingerprint density at radius 1 is 1.38 bits per heavy atom. The number of carbonyl (C=O) groups excluding carboxylic acids is 1. The lowest BCUT2D eigenvalue weighted by Gasteiger charge is -2.26. The van der Waals surface area contributed by atoms with Crippen molar-refractivity contribution in [3.8, 4) is 0 Å². The van der Waals surface area contributed by atoms with Gasteiger partial charge in [0.25, 0.3) is 0 Å². The molecular formula is C12H23NO2S. The van der Waals surface area contributed by atoms with Crippen molar-refractivity contribution in [1.82, 2.24) is 5.32 Å². The van der Waals surface area contributed by atoms with Crippen LogP contribution < -0.4 is 5.32 Å². The predicted molar refractivity (Wildman–Crippen MR) is 68.6 cm³/mol. The van der Waals surface area contributed by atoms with Crippen molar-refractivity contribution < 1.29 is 9.90 Å². The molecule has 0 aromatic carbocycles. The summed E-state index contributed by atoms with van der Waals surface area (Å²) in [6.07, 6.45) is 5.73. The molecule has 16 heavy (non-hydrogen) atoms. The Labute approximate surface area is 102 Å². The molecule has 0 aromatic heterocycles. The molecule has 0 saturated heterocycles. The molecule has 94 valence electrons. The maximum atomic E-state index is 11.6. The minimum Gasteiger partial charge on any atom is -0.393 e. The molecule has 0 atom stereocenters. The fraction of sp³-hybridized carbons (Fsp3) is 0.917. The highest BCUT2D eigenvalue weighted by Crippen LogP contribution is 2.18. The average Bonchev–Trinajstić information content (AvgIpc) is 2.28. The van der Waals surface area contributed by atoms with Gasteiger partial charge >= 0.3 is 0 Å². The van der Waals surface area contributed by atoms with Gasteiger partial charge < -0.3 is 10.4 Å². The van der Waals surface area contributed by atoms with E-state index in [9.17, 15) is 9.90 Å². The molecule has 1 saturated carbocycles. The highest BCUT2D eigenvalue weighted by atomic mass is 32.2. The molecule has 1 aliphatic rings. The van der Waals surface area contributed by atoms with Gasteiger partial charge in [-0.25, -0.2) is 0 Å². The predicted octanol–water partition coefficient (Wildman–Crippen LogP) is 1.94. The lowest BCUT2D eigenvalue weighted by Crippen LogP contribution is -2.39. The summed E-state index contributed by atoms with van der Waals surface area (Å²) in [5, 5.41) is 12.4. The average molecular weight is 245 g/mol. The second-order valence-electron chi connectivity index (χ2n) is 4.48. The summed E-state index contributed by atoms with van der Waals surface area (Å²) >= 11 is 1.71. The monoisotopic (exact) mass is 245 g/mol. The number of nitrogens with one attached hydrogen (secondary N) is 1. The number of hydrogen-bond donors (Lipinski definition) is 2. The number of amides is 1. The second kappa shape index (κ2) is 7.96. The van der Waals surface area contributed by atoms with Crippen molar-refractivity contribution in [1.29, 1.82) is 0 Å². The first-order valence-corrected chi connectivity index (χ1v) is 7.43. The third-order valence-corrected chi connectivity index (χ3v) is 3.98. The molecule has 2 N–H and O–H groups in total.